The molecule has 0 radical (unpaired) electrons. The van der Waals surface area contributed by atoms with Crippen LogP contribution in [0.3, 0.4) is 0 Å². The van der Waals surface area contributed by atoms with Gasteiger partial charge >= 0.3 is 0 Å². The molecule has 0 aliphatic heterocycles. The monoisotopic (exact) mass is 384 g/mol. The first-order valence-electron chi connectivity index (χ1n) is 6.49. The van der Waals surface area contributed by atoms with E-state index in [1.165, 1.54) is 0 Å². The number of hydrogen-bond donors (Lipinski definition) is 0. The van der Waals surface area contributed by atoms with Crippen LogP contribution in [-0.4, -0.2) is 15.7 Å². The minimum absolute atomic E-state index is 0.0682. The van der Waals surface area contributed by atoms with Crippen molar-refractivity contribution >= 4 is 44.1 Å². The lowest BCUT2D eigenvalue weighted by Crippen LogP contribution is -2.04. The van der Waals surface area contributed by atoms with Crippen molar-refractivity contribution in [2.24, 2.45) is 0 Å². The number of benzene rings is 2. The molecule has 0 fully saturated rings. The van der Waals surface area contributed by atoms with Gasteiger partial charge in [0.15, 0.2) is 5.78 Å². The Morgan fingerprint density at radius 1 is 1.10 bits per heavy atom. The summed E-state index contributed by atoms with van der Waals surface area (Å²) in [5, 5.41) is 0.509. The summed E-state index contributed by atoms with van der Waals surface area (Å²) in [6.07, 6.45) is 0.963. The number of ketones is 1. The van der Waals surface area contributed by atoms with Gasteiger partial charge in [0.2, 0.25) is 0 Å². The van der Waals surface area contributed by atoms with Gasteiger partial charge in [-0.05, 0) is 30.7 Å². The first-order valence-corrected chi connectivity index (χ1v) is 8.98. The molecule has 2 aromatic carbocycles. The van der Waals surface area contributed by atoms with Crippen molar-refractivity contribution in [1.29, 1.82) is 0 Å². The van der Waals surface area contributed by atoms with Crippen LogP contribution < -0.4 is 0 Å². The Bertz CT molecular complexity index is 656. The average Bonchev–Trinajstić information content (AvgIpc) is 2.48. The summed E-state index contributed by atoms with van der Waals surface area (Å²) < 4.78 is 13.1. The molecular weight excluding hydrogens is 372 g/mol. The predicted octanol–water partition coefficient (Wildman–Crippen LogP) is 4.87. The third-order valence-electron chi connectivity index (χ3n) is 2.98. The van der Waals surface area contributed by atoms with Crippen molar-refractivity contribution < 1.29 is 9.00 Å². The van der Waals surface area contributed by atoms with E-state index in [9.17, 15) is 9.00 Å². The number of rotatable bonds is 6. The summed E-state index contributed by atoms with van der Waals surface area (Å²) in [5.74, 6) is 0.505. The van der Waals surface area contributed by atoms with Gasteiger partial charge < -0.3 is 0 Å². The van der Waals surface area contributed by atoms with Crippen LogP contribution in [0, 0.1) is 0 Å². The second-order valence-electron chi connectivity index (χ2n) is 4.51. The summed E-state index contributed by atoms with van der Waals surface area (Å²) >= 11 is 9.34. The largest absolute Gasteiger partial charge is 0.294 e. The Labute approximate surface area is 140 Å². The lowest BCUT2D eigenvalue weighted by atomic mass is 10.1. The van der Waals surface area contributed by atoms with Gasteiger partial charge in [0.25, 0.3) is 0 Å². The van der Waals surface area contributed by atoms with E-state index in [0.717, 1.165) is 4.47 Å². The molecule has 5 heteroatoms. The van der Waals surface area contributed by atoms with Gasteiger partial charge in [-0.15, -0.1) is 0 Å². The van der Waals surface area contributed by atoms with Crippen LogP contribution in [-0.2, 0) is 10.8 Å². The zero-order valence-corrected chi connectivity index (χ0v) is 14.4. The summed E-state index contributed by atoms with van der Waals surface area (Å²) in [6.45, 7) is 0. The van der Waals surface area contributed by atoms with Gasteiger partial charge in [0.05, 0.1) is 20.7 Å². The highest BCUT2D eigenvalue weighted by Crippen LogP contribution is 2.20. The van der Waals surface area contributed by atoms with Gasteiger partial charge in [0, 0.05) is 22.2 Å². The van der Waals surface area contributed by atoms with Crippen molar-refractivity contribution in [3.05, 3.63) is 63.6 Å². The fourth-order valence-corrected chi connectivity index (χ4v) is 3.68. The second kappa shape index (κ2) is 7.87. The van der Waals surface area contributed by atoms with Gasteiger partial charge in [0.1, 0.15) is 0 Å². The van der Waals surface area contributed by atoms with Crippen molar-refractivity contribution in [2.45, 2.75) is 17.7 Å². The summed E-state index contributed by atoms with van der Waals surface area (Å²) in [6, 6.07) is 14.4. The molecule has 0 aromatic heterocycles. The maximum absolute atomic E-state index is 12.1. The van der Waals surface area contributed by atoms with E-state index >= 15 is 0 Å². The zero-order chi connectivity index (χ0) is 15.2. The second-order valence-corrected chi connectivity index (χ2v) is 7.38. The molecule has 0 heterocycles. The fourth-order valence-electron chi connectivity index (χ4n) is 1.88. The zero-order valence-electron chi connectivity index (χ0n) is 11.2. The topological polar surface area (TPSA) is 34.1 Å². The van der Waals surface area contributed by atoms with E-state index in [0.29, 0.717) is 34.1 Å². The minimum Gasteiger partial charge on any atom is -0.294 e. The van der Waals surface area contributed by atoms with Crippen LogP contribution in [0.1, 0.15) is 23.2 Å². The number of carbonyl (C=O) groups is 1. The maximum atomic E-state index is 12.1. The van der Waals surface area contributed by atoms with Crippen LogP contribution in [0.15, 0.2) is 57.9 Å². The number of halogens is 2. The molecule has 2 aromatic rings. The molecule has 0 aliphatic rings. The summed E-state index contributed by atoms with van der Waals surface area (Å²) in [5.41, 5.74) is 0.682. The SMILES string of the molecule is O=C(CCCS(=O)c1ccccc1Cl)c1ccc(Br)cc1. The molecule has 110 valence electrons. The van der Waals surface area contributed by atoms with Crippen LogP contribution in [0.25, 0.3) is 0 Å². The molecule has 0 saturated heterocycles. The van der Waals surface area contributed by atoms with E-state index in [1.54, 1.807) is 30.3 Å². The molecular formula is C16H14BrClO2S. The number of Topliss-reactive ketones (excluding diaryl/α,β-unsaturated/α-hetero) is 1. The van der Waals surface area contributed by atoms with Gasteiger partial charge in [-0.1, -0.05) is 51.8 Å². The fraction of sp³-hybridized carbons (Fsp3) is 0.188. The molecule has 1 atom stereocenters. The van der Waals surface area contributed by atoms with Crippen molar-refractivity contribution in [1.82, 2.24) is 0 Å². The third kappa shape index (κ3) is 4.77. The quantitative estimate of drug-likeness (QED) is 0.665. The molecule has 2 rings (SSSR count). The summed E-state index contributed by atoms with van der Waals surface area (Å²) in [7, 11) is -1.16. The van der Waals surface area contributed by atoms with E-state index in [1.807, 2.05) is 18.2 Å². The average molecular weight is 386 g/mol. The van der Waals surface area contributed by atoms with Crippen molar-refractivity contribution in [2.75, 3.05) is 5.75 Å². The van der Waals surface area contributed by atoms with Crippen molar-refractivity contribution in [3.8, 4) is 0 Å². The highest BCUT2D eigenvalue weighted by molar-refractivity contribution is 9.10. The highest BCUT2D eigenvalue weighted by Gasteiger charge is 2.10. The minimum atomic E-state index is -1.16. The van der Waals surface area contributed by atoms with Gasteiger partial charge in [-0.3, -0.25) is 9.00 Å². The lowest BCUT2D eigenvalue weighted by Gasteiger charge is -2.04. The normalized spacial score (nSPS) is 12.1. The smallest absolute Gasteiger partial charge is 0.162 e. The van der Waals surface area contributed by atoms with Crippen LogP contribution in [0.5, 0.6) is 0 Å². The van der Waals surface area contributed by atoms with E-state index < -0.39 is 10.8 Å². The van der Waals surface area contributed by atoms with Crippen LogP contribution in [0.4, 0.5) is 0 Å². The Balaban J connectivity index is 1.87. The standard InChI is InChI=1S/C16H14BrClO2S/c17-13-9-7-12(8-10-13)15(19)5-3-11-21(20)16-6-2-1-4-14(16)18/h1-2,4,6-10H,3,5,11H2. The first-order chi connectivity index (χ1) is 10.1. The molecule has 0 N–H and O–H groups in total. The van der Waals surface area contributed by atoms with Crippen molar-refractivity contribution in [3.63, 3.8) is 0 Å². The van der Waals surface area contributed by atoms with E-state index in [-0.39, 0.29) is 5.78 Å². The lowest BCUT2D eigenvalue weighted by molar-refractivity contribution is 0.0982. The van der Waals surface area contributed by atoms with Crippen LogP contribution in [0.2, 0.25) is 5.02 Å². The molecule has 0 aliphatic carbocycles. The molecule has 2 nitrogen and oxygen atoms in total. The Hall–Kier alpha value is -0.970. The predicted molar refractivity (Wildman–Crippen MR) is 90.4 cm³/mol. The molecule has 21 heavy (non-hydrogen) atoms. The number of carbonyl (C=O) groups excluding carboxylic acids is 1. The Kier molecular flexibility index (Phi) is 6.15. The summed E-state index contributed by atoms with van der Waals surface area (Å²) in [4.78, 5) is 12.6. The first kappa shape index (κ1) is 16.4. The molecule has 1 unspecified atom stereocenters. The molecule has 0 saturated carbocycles. The van der Waals surface area contributed by atoms with E-state index in [2.05, 4.69) is 15.9 Å². The molecule has 0 bridgehead atoms. The maximum Gasteiger partial charge on any atom is 0.162 e. The van der Waals surface area contributed by atoms with E-state index in [4.69, 9.17) is 11.6 Å². The Morgan fingerprint density at radius 2 is 1.76 bits per heavy atom. The molecule has 0 spiro atoms. The Morgan fingerprint density at radius 3 is 2.43 bits per heavy atom. The third-order valence-corrected chi connectivity index (χ3v) is 5.46. The molecule has 0 amide bonds. The van der Waals surface area contributed by atoms with Crippen LogP contribution >= 0.6 is 27.5 Å². The highest BCUT2D eigenvalue weighted by atomic mass is 79.9. The van der Waals surface area contributed by atoms with Gasteiger partial charge in [-0.25, -0.2) is 0 Å². The number of hydrogen-bond acceptors (Lipinski definition) is 2. The van der Waals surface area contributed by atoms with Gasteiger partial charge in [-0.2, -0.15) is 0 Å².